The topological polar surface area (TPSA) is 717 Å². The number of thiocyanates is 1. The molecule has 0 saturated carbocycles. The number of hydrogen-bond donors (Lipinski definition) is 24. The number of fused-ring (bicyclic) bond motifs is 1. The lowest BCUT2D eigenvalue weighted by atomic mass is 10.1. The van der Waals surface area contributed by atoms with Crippen LogP contribution in [0.1, 0.15) is 88.4 Å². The van der Waals surface area contributed by atoms with Gasteiger partial charge in [0.1, 0.15) is 57.0 Å². The standard InChI is InChI=1S/C11H8N2O5.C11H9NO3.C9H7NO3.C8H6N2O4.C8H6N2O3S.C7H6N4O3.C7H7NO3.C6H6N2O3/c14-8-5-6(1-2-7(8)11(17)12-18)13-9(15)3-4-10(13)16;13-10-6-8-4-2-1-3-7(8)5-9(10)11(14)12-15;1-2-6-3-4-7(8(11)5-6)9(12)10-13;2*9-4-14-5-1-2-6(7(11)3-5)8(12)10-13;8-11-9-4-1-2-5(6(12)3-4)7(13)10-14;9-6-4-2-1-3-5(6)7(10)8-11;9-5-1-2-7-3-4(5)6(10)8-11/h1-5,14-16H;1-6,13,15H,(H,12,14);1,3-5,11,13H,(H,10,12);2*1-3,11,13H,(H,10,12);1-3,12,14H,(H,10,13);1-4,9,11H,(H,8,10);1-3,11H,(H,7,9)(H,8,10). The van der Waals surface area contributed by atoms with E-state index in [1.807, 2.05) is 29.7 Å². The molecule has 10 aromatic rings. The van der Waals surface area contributed by atoms with Crippen LogP contribution in [0.3, 0.4) is 0 Å². The molecule has 0 fully saturated rings. The Morgan fingerprint density at radius 1 is 0.473 bits per heavy atom. The van der Waals surface area contributed by atoms with Gasteiger partial charge in [-0.15, -0.1) is 16.6 Å². The molecule has 0 atom stereocenters. The van der Waals surface area contributed by atoms with E-state index in [-0.39, 0.29) is 108 Å². The van der Waals surface area contributed by atoms with Crippen molar-refractivity contribution in [1.82, 2.24) is 47.9 Å². The van der Waals surface area contributed by atoms with Gasteiger partial charge in [0.15, 0.2) is 17.2 Å². The van der Waals surface area contributed by atoms with Crippen LogP contribution in [0.25, 0.3) is 26.9 Å². The molecule has 0 radical (unpaired) electrons. The maximum atomic E-state index is 11.2. The zero-order valence-electron chi connectivity index (χ0n) is 55.1. The maximum absolute atomic E-state index is 11.2. The number of rotatable bonds is 12. The number of aromatic nitrogens is 2. The number of H-pyrrole nitrogens is 1. The lowest BCUT2D eigenvalue weighted by Crippen LogP contribution is -2.25. The number of nitriles is 2. The fraction of sp³-hybridized carbons (Fsp3) is 0. The van der Waals surface area contributed by atoms with Crippen molar-refractivity contribution in [2.24, 2.45) is 10.3 Å². The van der Waals surface area contributed by atoms with Gasteiger partial charge >= 0.3 is 5.91 Å². The molecule has 0 unspecified atom stereocenters. The molecule has 2 aromatic heterocycles. The van der Waals surface area contributed by atoms with Gasteiger partial charge in [-0.3, -0.25) is 84.2 Å². The monoisotopic (exact) mass is 1530 g/mol. The average Bonchev–Trinajstić information content (AvgIpc) is 1.41. The number of para-hydroxylation sites is 1. The van der Waals surface area contributed by atoms with E-state index in [4.69, 9.17) is 64.0 Å². The third-order valence-corrected chi connectivity index (χ3v) is 13.6. The molecule has 0 spiro atoms. The van der Waals surface area contributed by atoms with Crippen molar-refractivity contribution in [3.05, 3.63) is 258 Å². The van der Waals surface area contributed by atoms with Crippen LogP contribution in [0.2, 0.25) is 0 Å². The van der Waals surface area contributed by atoms with Gasteiger partial charge in [0, 0.05) is 69.0 Å². The van der Waals surface area contributed by atoms with Crippen LogP contribution in [0.15, 0.2) is 202 Å². The molecule has 0 aliphatic rings. The number of nitrogens with zero attached hydrogens (tertiary/aromatic N) is 7. The number of pyridine rings is 1. The maximum Gasteiger partial charge on any atom is 0.320 e. The summed E-state index contributed by atoms with van der Waals surface area (Å²) in [7, 11) is 0. The Labute approximate surface area is 617 Å². The van der Waals surface area contributed by atoms with E-state index in [2.05, 4.69) is 30.8 Å². The van der Waals surface area contributed by atoms with Gasteiger partial charge in [-0.05, 0) is 125 Å². The Morgan fingerprint density at radius 2 is 0.909 bits per heavy atom. The van der Waals surface area contributed by atoms with Gasteiger partial charge in [-0.1, -0.05) is 53.5 Å². The molecule has 42 nitrogen and oxygen atoms in total. The molecule has 0 aliphatic carbocycles. The van der Waals surface area contributed by atoms with Gasteiger partial charge in [0.2, 0.25) is 0 Å². The smallest absolute Gasteiger partial charge is 0.320 e. The van der Waals surface area contributed by atoms with Crippen LogP contribution in [0.4, 0.5) is 5.69 Å². The largest absolute Gasteiger partial charge is 0.507 e. The number of terminal acetylenes is 1. The van der Waals surface area contributed by atoms with E-state index < -0.39 is 58.4 Å². The first-order valence-electron chi connectivity index (χ1n) is 29.1. The van der Waals surface area contributed by atoms with Crippen LogP contribution in [-0.2, 0) is 0 Å². The van der Waals surface area contributed by atoms with E-state index in [9.17, 15) is 88.9 Å². The van der Waals surface area contributed by atoms with Gasteiger partial charge in [0.25, 0.3) is 47.6 Å². The van der Waals surface area contributed by atoms with E-state index in [1.165, 1.54) is 172 Å². The number of aromatic hydroxyl groups is 9. The summed E-state index contributed by atoms with van der Waals surface area (Å²) < 4.78 is 5.45. The number of amides is 8. The zero-order chi connectivity index (χ0) is 82.2. The predicted octanol–water partition coefficient (Wildman–Crippen LogP) is 6.57. The second kappa shape index (κ2) is 45.0. The summed E-state index contributed by atoms with van der Waals surface area (Å²) in [6, 6.07) is 39.1. The first-order valence-corrected chi connectivity index (χ1v) is 29.9. The van der Waals surface area contributed by atoms with Crippen molar-refractivity contribution in [1.29, 1.82) is 10.5 Å². The number of benzene rings is 8. The minimum atomic E-state index is -1.10. The second-order valence-electron chi connectivity index (χ2n) is 19.7. The lowest BCUT2D eigenvalue weighted by Gasteiger charge is -2.08. The van der Waals surface area contributed by atoms with E-state index in [1.54, 1.807) is 12.1 Å². The fourth-order valence-electron chi connectivity index (χ4n) is 7.94. The Kier molecular flexibility index (Phi) is 36.0. The summed E-state index contributed by atoms with van der Waals surface area (Å²) in [5.41, 5.74) is 17.8. The number of ether oxygens (including phenoxy) is 1. The summed E-state index contributed by atoms with van der Waals surface area (Å²) in [5, 5.41) is 168. The highest BCUT2D eigenvalue weighted by atomic mass is 32.2. The van der Waals surface area contributed by atoms with Crippen molar-refractivity contribution in [3.63, 3.8) is 0 Å². The van der Waals surface area contributed by atoms with Crippen LogP contribution in [-0.4, -0.2) is 139 Å². The minimum absolute atomic E-state index is 0.0264. The number of hydrogen-bond acceptors (Lipinski definition) is 31. The fourth-order valence-corrected chi connectivity index (χ4v) is 8.35. The third-order valence-electron chi connectivity index (χ3n) is 13.0. The highest BCUT2D eigenvalue weighted by molar-refractivity contribution is 8.03. The van der Waals surface area contributed by atoms with Crippen molar-refractivity contribution in [2.45, 2.75) is 4.90 Å². The molecule has 110 heavy (non-hydrogen) atoms. The summed E-state index contributed by atoms with van der Waals surface area (Å²) in [6.45, 7) is 0. The number of thioether (sulfide) groups is 1. The Bertz CT molecular complexity index is 5150. The van der Waals surface area contributed by atoms with Gasteiger partial charge in [-0.25, -0.2) is 38.4 Å². The molecular formula is C67H55N15O27S. The number of phenols is 7. The second-order valence-corrected chi connectivity index (χ2v) is 20.6. The van der Waals surface area contributed by atoms with Gasteiger partial charge < -0.3 is 55.7 Å². The van der Waals surface area contributed by atoms with E-state index in [0.717, 1.165) is 45.3 Å². The minimum Gasteiger partial charge on any atom is -0.507 e. The summed E-state index contributed by atoms with van der Waals surface area (Å²) in [5.74, 6) is -6.75. The molecule has 0 aliphatic heterocycles. The third kappa shape index (κ3) is 26.2. The highest BCUT2D eigenvalue weighted by Crippen LogP contribution is 2.32. The predicted molar refractivity (Wildman–Crippen MR) is 373 cm³/mol. The number of nitroso groups, excluding NO2 is 1. The normalized spacial score (nSPS) is 9.38. The zero-order valence-corrected chi connectivity index (χ0v) is 55.9. The quantitative estimate of drug-likeness (QED) is 0.00707. The van der Waals surface area contributed by atoms with E-state index in [0.29, 0.717) is 10.5 Å². The average molecular weight is 1530 g/mol. The van der Waals surface area contributed by atoms with Crippen LogP contribution < -0.4 is 48.5 Å². The molecule has 24 N–H and O–H groups in total. The van der Waals surface area contributed by atoms with Crippen LogP contribution in [0, 0.1) is 39.4 Å². The molecule has 10 rings (SSSR count). The van der Waals surface area contributed by atoms with Crippen LogP contribution in [0.5, 0.6) is 57.8 Å². The van der Waals surface area contributed by atoms with Gasteiger partial charge in [0.05, 0.1) is 44.6 Å². The Hall–Kier alpha value is -16.3. The molecule has 8 amide bonds. The lowest BCUT2D eigenvalue weighted by molar-refractivity contribution is 0.0698. The Morgan fingerprint density at radius 3 is 1.36 bits per heavy atom. The SMILES string of the molecule is C#Cc1ccc(C(=O)NO)c(O)c1.N#COc1ccc(C(=O)NO)c(O)c1.N#CSc1ccc(C(=O)NO)c(O)c1.O=C(NO)c1c[nH]ccc1=O.O=C(NO)c1cc2ccccc2cc1O.O=C(NO)c1ccccc1O.O=NC(=O)c1ccc(-n2c(O)ccc2O)cc1O.[N-]=[N+]=Nc1ccc(C(=O)NO)c(O)c1. The summed E-state index contributed by atoms with van der Waals surface area (Å²) in [4.78, 5) is 114. The number of azide groups is 1. The molecule has 8 aromatic carbocycles. The molecular weight excluding hydrogens is 1480 g/mol. The number of carbonyl (C=O) groups excluding carboxylic acids is 8. The number of aromatic amines is 1. The Balaban J connectivity index is 0.000000327. The molecule has 43 heteroatoms. The molecule has 2 heterocycles. The van der Waals surface area contributed by atoms with Crippen molar-refractivity contribution >= 4 is 75.5 Å². The first-order chi connectivity index (χ1) is 52.5. The number of nitrogens with one attached hydrogen (secondary N) is 8. The molecule has 0 bridgehead atoms. The van der Waals surface area contributed by atoms with Gasteiger partial charge in [-0.2, -0.15) is 5.26 Å². The first kappa shape index (κ1) is 87.9. The van der Waals surface area contributed by atoms with Crippen LogP contribution >= 0.6 is 11.8 Å². The summed E-state index contributed by atoms with van der Waals surface area (Å²) in [6.07, 6.45) is 9.09. The number of hydroxylamine groups is 7. The highest BCUT2D eigenvalue weighted by Gasteiger charge is 2.18. The van der Waals surface area contributed by atoms with E-state index >= 15 is 0 Å². The van der Waals surface area contributed by atoms with Crippen molar-refractivity contribution in [3.8, 4) is 87.4 Å². The number of phenolic OH excluding ortho intramolecular Hbond substituents is 7. The number of carbonyl (C=O) groups is 8. The van der Waals surface area contributed by atoms with Crippen molar-refractivity contribution in [2.75, 3.05) is 0 Å². The van der Waals surface area contributed by atoms with Crippen molar-refractivity contribution < 1.29 is 126 Å². The molecule has 0 saturated heterocycles. The molecule has 566 valence electrons. The summed E-state index contributed by atoms with van der Waals surface area (Å²) >= 11 is 0.869.